The van der Waals surface area contributed by atoms with E-state index in [0.717, 1.165) is 6.61 Å². The highest BCUT2D eigenvalue weighted by Crippen LogP contribution is 2.56. The third-order valence-corrected chi connectivity index (χ3v) is 3.95. The lowest BCUT2D eigenvalue weighted by atomic mass is 9.86. The first-order valence-electron chi connectivity index (χ1n) is 6.40. The highest BCUT2D eigenvalue weighted by molar-refractivity contribution is 5.19. The molecule has 0 aromatic heterocycles. The summed E-state index contributed by atoms with van der Waals surface area (Å²) in [7, 11) is 0. The predicted molar refractivity (Wildman–Crippen MR) is 63.6 cm³/mol. The summed E-state index contributed by atoms with van der Waals surface area (Å²) in [6.45, 7) is 10.1. The zero-order chi connectivity index (χ0) is 11.1. The quantitative estimate of drug-likeness (QED) is 0.662. The Morgan fingerprint density at radius 3 is 2.13 bits per heavy atom. The number of allylic oxidation sites excluding steroid dienone is 2. The minimum Gasteiger partial charge on any atom is -0.498 e. The maximum absolute atomic E-state index is 5.99. The second-order valence-electron chi connectivity index (χ2n) is 5.97. The minimum absolute atomic E-state index is 0.552. The molecule has 0 amide bonds. The summed E-state index contributed by atoms with van der Waals surface area (Å²) in [6.07, 6.45) is 5.44. The maximum atomic E-state index is 5.99. The Morgan fingerprint density at radius 2 is 1.67 bits per heavy atom. The number of hydrogen-bond acceptors (Lipinski definition) is 1. The molecular formula is C14H24O. The van der Waals surface area contributed by atoms with E-state index in [0.29, 0.717) is 17.3 Å². The van der Waals surface area contributed by atoms with Crippen molar-refractivity contribution in [1.82, 2.24) is 0 Å². The van der Waals surface area contributed by atoms with Crippen LogP contribution in [0.5, 0.6) is 0 Å². The molecule has 1 heterocycles. The van der Waals surface area contributed by atoms with Crippen molar-refractivity contribution in [2.75, 3.05) is 6.61 Å². The molecule has 1 aliphatic heterocycles. The maximum Gasteiger partial charge on any atom is 0.0979 e. The van der Waals surface area contributed by atoms with Crippen molar-refractivity contribution < 1.29 is 4.74 Å². The van der Waals surface area contributed by atoms with Crippen molar-refractivity contribution >= 4 is 0 Å². The lowest BCUT2D eigenvalue weighted by Gasteiger charge is -2.20. The molecule has 0 aromatic rings. The van der Waals surface area contributed by atoms with E-state index in [9.17, 15) is 0 Å². The molecule has 86 valence electrons. The Balaban J connectivity index is 2.25. The van der Waals surface area contributed by atoms with Crippen LogP contribution < -0.4 is 0 Å². The number of hydrogen-bond donors (Lipinski definition) is 0. The van der Waals surface area contributed by atoms with Crippen LogP contribution in [0.25, 0.3) is 0 Å². The Morgan fingerprint density at radius 1 is 1.00 bits per heavy atom. The van der Waals surface area contributed by atoms with Gasteiger partial charge in [0.2, 0.25) is 0 Å². The van der Waals surface area contributed by atoms with Gasteiger partial charge in [-0.3, -0.25) is 0 Å². The van der Waals surface area contributed by atoms with E-state index in [1.54, 1.807) is 5.57 Å². The summed E-state index contributed by atoms with van der Waals surface area (Å²) in [5, 5.41) is 0. The highest BCUT2D eigenvalue weighted by Gasteiger charge is 2.44. The standard InChI is InChI=1S/C14H24O/c1-10(2)12-9-14(5-6-14)7-8-15-13(12)11(3)4/h10-11H,5-9H2,1-4H3. The molecule has 0 atom stereocenters. The molecule has 0 N–H and O–H groups in total. The molecule has 0 radical (unpaired) electrons. The van der Waals surface area contributed by atoms with Crippen molar-refractivity contribution in [2.24, 2.45) is 17.3 Å². The minimum atomic E-state index is 0.552. The molecule has 0 saturated heterocycles. The van der Waals surface area contributed by atoms with Gasteiger partial charge in [-0.1, -0.05) is 27.7 Å². The molecule has 0 unspecified atom stereocenters. The summed E-state index contributed by atoms with van der Waals surface area (Å²) < 4.78 is 5.99. The molecule has 15 heavy (non-hydrogen) atoms. The van der Waals surface area contributed by atoms with Gasteiger partial charge >= 0.3 is 0 Å². The van der Waals surface area contributed by atoms with Gasteiger partial charge in [0.15, 0.2) is 0 Å². The zero-order valence-electron chi connectivity index (χ0n) is 10.6. The van der Waals surface area contributed by atoms with Crippen LogP contribution in [0.1, 0.15) is 53.4 Å². The molecule has 2 aliphatic rings. The van der Waals surface area contributed by atoms with E-state index in [1.807, 2.05) is 0 Å². The Kier molecular flexibility index (Phi) is 2.83. The van der Waals surface area contributed by atoms with Gasteiger partial charge in [-0.25, -0.2) is 0 Å². The van der Waals surface area contributed by atoms with Crippen LogP contribution >= 0.6 is 0 Å². The second-order valence-corrected chi connectivity index (χ2v) is 5.97. The largest absolute Gasteiger partial charge is 0.498 e. The van der Waals surface area contributed by atoms with E-state index in [2.05, 4.69) is 27.7 Å². The molecule has 0 bridgehead atoms. The Labute approximate surface area is 93.9 Å². The van der Waals surface area contributed by atoms with E-state index in [1.165, 1.54) is 31.4 Å². The van der Waals surface area contributed by atoms with Crippen molar-refractivity contribution in [3.8, 4) is 0 Å². The highest BCUT2D eigenvalue weighted by atomic mass is 16.5. The smallest absolute Gasteiger partial charge is 0.0979 e. The van der Waals surface area contributed by atoms with Crippen LogP contribution in [0.2, 0.25) is 0 Å². The van der Waals surface area contributed by atoms with Gasteiger partial charge in [0, 0.05) is 5.92 Å². The monoisotopic (exact) mass is 208 g/mol. The molecule has 1 saturated carbocycles. The topological polar surface area (TPSA) is 9.23 Å². The average molecular weight is 208 g/mol. The van der Waals surface area contributed by atoms with Gasteiger partial charge in [-0.05, 0) is 42.6 Å². The SMILES string of the molecule is CC(C)C1=C(C(C)C)OCCC2(CC2)C1. The Hall–Kier alpha value is -0.460. The van der Waals surface area contributed by atoms with E-state index in [-0.39, 0.29) is 0 Å². The fourth-order valence-corrected chi connectivity index (χ4v) is 2.68. The summed E-state index contributed by atoms with van der Waals surface area (Å²) in [5.41, 5.74) is 2.25. The molecule has 1 nitrogen and oxygen atoms in total. The van der Waals surface area contributed by atoms with Crippen molar-refractivity contribution in [2.45, 2.75) is 53.4 Å². The summed E-state index contributed by atoms with van der Waals surface area (Å²) in [5.74, 6) is 2.50. The summed E-state index contributed by atoms with van der Waals surface area (Å²) in [4.78, 5) is 0. The fourth-order valence-electron chi connectivity index (χ4n) is 2.68. The summed E-state index contributed by atoms with van der Waals surface area (Å²) >= 11 is 0. The molecule has 0 aromatic carbocycles. The molecule has 1 fully saturated rings. The predicted octanol–water partition coefficient (Wildman–Crippen LogP) is 4.14. The second kappa shape index (κ2) is 3.84. The van der Waals surface area contributed by atoms with E-state index < -0.39 is 0 Å². The van der Waals surface area contributed by atoms with Gasteiger partial charge in [-0.2, -0.15) is 0 Å². The van der Waals surface area contributed by atoms with Gasteiger partial charge in [-0.15, -0.1) is 0 Å². The van der Waals surface area contributed by atoms with Crippen molar-refractivity contribution in [3.05, 3.63) is 11.3 Å². The van der Waals surface area contributed by atoms with Gasteiger partial charge < -0.3 is 4.74 Å². The number of ether oxygens (including phenoxy) is 1. The van der Waals surface area contributed by atoms with Gasteiger partial charge in [0.05, 0.1) is 12.4 Å². The summed E-state index contributed by atoms with van der Waals surface area (Å²) in [6, 6.07) is 0. The van der Waals surface area contributed by atoms with Crippen LogP contribution in [0, 0.1) is 17.3 Å². The normalized spacial score (nSPS) is 24.7. The van der Waals surface area contributed by atoms with Crippen LogP contribution in [0.3, 0.4) is 0 Å². The molecule has 1 aliphatic carbocycles. The van der Waals surface area contributed by atoms with Crippen molar-refractivity contribution in [3.63, 3.8) is 0 Å². The van der Waals surface area contributed by atoms with Crippen LogP contribution in [0.4, 0.5) is 0 Å². The van der Waals surface area contributed by atoms with Crippen molar-refractivity contribution in [1.29, 1.82) is 0 Å². The first-order chi connectivity index (χ1) is 7.04. The van der Waals surface area contributed by atoms with E-state index in [4.69, 9.17) is 4.74 Å². The lowest BCUT2D eigenvalue weighted by Crippen LogP contribution is -2.08. The number of rotatable bonds is 2. The lowest BCUT2D eigenvalue weighted by molar-refractivity contribution is 0.173. The molecule has 1 heteroatoms. The van der Waals surface area contributed by atoms with Crippen LogP contribution in [-0.4, -0.2) is 6.61 Å². The van der Waals surface area contributed by atoms with E-state index >= 15 is 0 Å². The third kappa shape index (κ3) is 2.21. The molecule has 1 spiro atoms. The fraction of sp³-hybridized carbons (Fsp3) is 0.857. The average Bonchev–Trinajstić information content (AvgIpc) is 2.92. The molecular weight excluding hydrogens is 184 g/mol. The zero-order valence-corrected chi connectivity index (χ0v) is 10.6. The molecule has 2 rings (SSSR count). The first kappa shape index (κ1) is 11.0. The van der Waals surface area contributed by atoms with Crippen LogP contribution in [0.15, 0.2) is 11.3 Å². The first-order valence-corrected chi connectivity index (χ1v) is 6.40. The Bertz CT molecular complexity index is 269. The van der Waals surface area contributed by atoms with Gasteiger partial charge in [0.1, 0.15) is 0 Å². The van der Waals surface area contributed by atoms with Gasteiger partial charge in [0.25, 0.3) is 0 Å². The van der Waals surface area contributed by atoms with Crippen LogP contribution in [-0.2, 0) is 4.74 Å². The third-order valence-electron chi connectivity index (χ3n) is 3.95.